The largest absolute Gasteiger partial charge is 0.426 e. The Balaban J connectivity index is 1.23. The van der Waals surface area contributed by atoms with Crippen molar-refractivity contribution in [1.29, 1.82) is 0 Å². The molecule has 2 amide bonds. The van der Waals surface area contributed by atoms with E-state index in [0.717, 1.165) is 17.2 Å². The Morgan fingerprint density at radius 3 is 2.33 bits per heavy atom. The van der Waals surface area contributed by atoms with Crippen LogP contribution in [0.15, 0.2) is 54.6 Å². The maximum Gasteiger partial charge on any atom is 0.312 e. The van der Waals surface area contributed by atoms with Gasteiger partial charge in [0.15, 0.2) is 0 Å². The van der Waals surface area contributed by atoms with Crippen LogP contribution in [0.3, 0.4) is 0 Å². The Labute approximate surface area is 156 Å². The SMILES string of the molecule is O=C(CCN1C(=O)[C@@H]2[C@H](C1=O)[C@H]1C=C[C@@H]2C1)Oc1ccc2ccccc2c1. The lowest BCUT2D eigenvalue weighted by Gasteiger charge is -2.16. The number of carbonyl (C=O) groups is 3. The molecule has 0 aromatic heterocycles. The second-order valence-corrected chi connectivity index (χ2v) is 7.56. The monoisotopic (exact) mass is 361 g/mol. The summed E-state index contributed by atoms with van der Waals surface area (Å²) >= 11 is 0. The number of imide groups is 1. The van der Waals surface area contributed by atoms with Gasteiger partial charge in [-0.1, -0.05) is 42.5 Å². The third-order valence-corrected chi connectivity index (χ3v) is 6.05. The maximum absolute atomic E-state index is 12.6. The van der Waals surface area contributed by atoms with Gasteiger partial charge in [0.1, 0.15) is 5.75 Å². The summed E-state index contributed by atoms with van der Waals surface area (Å²) < 4.78 is 5.40. The molecule has 2 fully saturated rings. The molecule has 0 unspecified atom stereocenters. The van der Waals surface area contributed by atoms with E-state index in [9.17, 15) is 14.4 Å². The Hall–Kier alpha value is -2.95. The number of carbonyl (C=O) groups excluding carboxylic acids is 3. The average Bonchev–Trinajstić information content (AvgIpc) is 3.35. The molecule has 1 saturated carbocycles. The van der Waals surface area contributed by atoms with E-state index in [1.54, 1.807) is 6.07 Å². The van der Waals surface area contributed by atoms with Gasteiger partial charge in [0.25, 0.3) is 0 Å². The number of esters is 1. The summed E-state index contributed by atoms with van der Waals surface area (Å²) in [5, 5.41) is 2.06. The predicted molar refractivity (Wildman–Crippen MR) is 98.6 cm³/mol. The van der Waals surface area contributed by atoms with E-state index in [2.05, 4.69) is 12.2 Å². The lowest BCUT2D eigenvalue weighted by molar-refractivity contribution is -0.142. The van der Waals surface area contributed by atoms with Crippen LogP contribution in [-0.4, -0.2) is 29.2 Å². The van der Waals surface area contributed by atoms with Crippen LogP contribution in [0.1, 0.15) is 12.8 Å². The molecule has 2 aliphatic carbocycles. The second kappa shape index (κ2) is 6.05. The van der Waals surface area contributed by atoms with Crippen LogP contribution in [0, 0.1) is 23.7 Å². The quantitative estimate of drug-likeness (QED) is 0.364. The predicted octanol–water partition coefficient (Wildman–Crippen LogP) is 2.94. The topological polar surface area (TPSA) is 63.7 Å². The fourth-order valence-electron chi connectivity index (χ4n) is 4.80. The van der Waals surface area contributed by atoms with E-state index in [1.165, 1.54) is 4.90 Å². The van der Waals surface area contributed by atoms with E-state index in [1.807, 2.05) is 36.4 Å². The zero-order valence-corrected chi connectivity index (χ0v) is 14.7. The van der Waals surface area contributed by atoms with Gasteiger partial charge in [-0.15, -0.1) is 0 Å². The Morgan fingerprint density at radius 2 is 1.63 bits per heavy atom. The number of hydrogen-bond acceptors (Lipinski definition) is 4. The van der Waals surface area contributed by atoms with Crippen molar-refractivity contribution in [3.05, 3.63) is 54.6 Å². The molecule has 1 saturated heterocycles. The molecule has 2 aromatic carbocycles. The van der Waals surface area contributed by atoms with Crippen LogP contribution >= 0.6 is 0 Å². The van der Waals surface area contributed by atoms with Crippen molar-refractivity contribution < 1.29 is 19.1 Å². The fraction of sp³-hybridized carbons (Fsp3) is 0.318. The summed E-state index contributed by atoms with van der Waals surface area (Å²) in [4.78, 5) is 38.7. The molecule has 0 spiro atoms. The third kappa shape index (κ3) is 2.57. The van der Waals surface area contributed by atoms with Crippen LogP contribution in [0.4, 0.5) is 0 Å². The highest BCUT2D eigenvalue weighted by Crippen LogP contribution is 2.52. The van der Waals surface area contributed by atoms with Gasteiger partial charge in [-0.3, -0.25) is 19.3 Å². The molecule has 0 N–H and O–H groups in total. The molecule has 2 aromatic rings. The number of amides is 2. The zero-order chi connectivity index (χ0) is 18.5. The lowest BCUT2D eigenvalue weighted by atomic mass is 9.85. The summed E-state index contributed by atoms with van der Waals surface area (Å²) in [5.74, 6) is -0.286. The Bertz CT molecular complexity index is 965. The second-order valence-electron chi connectivity index (χ2n) is 7.56. The van der Waals surface area contributed by atoms with Gasteiger partial charge in [-0.25, -0.2) is 0 Å². The van der Waals surface area contributed by atoms with E-state index >= 15 is 0 Å². The minimum Gasteiger partial charge on any atom is -0.426 e. The van der Waals surface area contributed by atoms with Crippen LogP contribution in [0.2, 0.25) is 0 Å². The van der Waals surface area contributed by atoms with Gasteiger partial charge >= 0.3 is 5.97 Å². The van der Waals surface area contributed by atoms with Crippen LogP contribution in [0.25, 0.3) is 10.8 Å². The van der Waals surface area contributed by atoms with Gasteiger partial charge in [0.05, 0.1) is 18.3 Å². The molecule has 136 valence electrons. The van der Waals surface area contributed by atoms with Crippen LogP contribution in [-0.2, 0) is 14.4 Å². The molecule has 5 rings (SSSR count). The van der Waals surface area contributed by atoms with E-state index < -0.39 is 5.97 Å². The fourth-order valence-corrected chi connectivity index (χ4v) is 4.80. The van der Waals surface area contributed by atoms with Crippen LogP contribution in [0.5, 0.6) is 5.75 Å². The van der Waals surface area contributed by atoms with Crippen LogP contribution < -0.4 is 4.74 Å². The van der Waals surface area contributed by atoms with E-state index in [4.69, 9.17) is 4.74 Å². The zero-order valence-electron chi connectivity index (χ0n) is 14.7. The molecule has 0 radical (unpaired) electrons. The summed E-state index contributed by atoms with van der Waals surface area (Å²) in [6.07, 6.45) is 5.04. The lowest BCUT2D eigenvalue weighted by Crippen LogP contribution is -2.35. The van der Waals surface area contributed by atoms with Crippen molar-refractivity contribution in [2.75, 3.05) is 6.54 Å². The number of likely N-dealkylation sites (tertiary alicyclic amines) is 1. The van der Waals surface area contributed by atoms with Gasteiger partial charge in [-0.05, 0) is 41.2 Å². The number of benzene rings is 2. The highest BCUT2D eigenvalue weighted by molar-refractivity contribution is 6.06. The summed E-state index contributed by atoms with van der Waals surface area (Å²) in [6.45, 7) is 0.0938. The van der Waals surface area contributed by atoms with Gasteiger partial charge in [0.2, 0.25) is 11.8 Å². The molecule has 5 heteroatoms. The minimum absolute atomic E-state index is 0.00646. The highest BCUT2D eigenvalue weighted by Gasteiger charge is 2.59. The van der Waals surface area contributed by atoms with Gasteiger partial charge < -0.3 is 4.74 Å². The first kappa shape index (κ1) is 16.2. The normalized spacial score (nSPS) is 28.2. The number of fused-ring (bicyclic) bond motifs is 6. The van der Waals surface area contributed by atoms with Crippen molar-refractivity contribution >= 4 is 28.6 Å². The Morgan fingerprint density at radius 1 is 0.963 bits per heavy atom. The highest BCUT2D eigenvalue weighted by atomic mass is 16.5. The Kier molecular flexibility index (Phi) is 3.64. The number of hydrogen-bond donors (Lipinski definition) is 0. The third-order valence-electron chi connectivity index (χ3n) is 6.05. The molecule has 4 atom stereocenters. The van der Waals surface area contributed by atoms with E-state index in [-0.39, 0.29) is 48.5 Å². The molecule has 2 bridgehead atoms. The van der Waals surface area contributed by atoms with Crippen molar-refractivity contribution in [2.24, 2.45) is 23.7 Å². The molecule has 1 heterocycles. The average molecular weight is 361 g/mol. The van der Waals surface area contributed by atoms with Crippen molar-refractivity contribution in [2.45, 2.75) is 12.8 Å². The van der Waals surface area contributed by atoms with Gasteiger partial charge in [-0.2, -0.15) is 0 Å². The van der Waals surface area contributed by atoms with Gasteiger partial charge in [0, 0.05) is 6.54 Å². The number of nitrogens with zero attached hydrogens (tertiary/aromatic N) is 1. The van der Waals surface area contributed by atoms with Crippen molar-refractivity contribution in [3.63, 3.8) is 0 Å². The van der Waals surface area contributed by atoms with Crippen molar-refractivity contribution in [1.82, 2.24) is 4.90 Å². The molecule has 5 nitrogen and oxygen atoms in total. The summed E-state index contributed by atoms with van der Waals surface area (Å²) in [6, 6.07) is 13.3. The standard InChI is InChI=1S/C22H19NO4/c24-18(27-17-8-7-13-3-1-2-4-14(13)12-17)9-10-23-21(25)19-15-5-6-16(11-15)20(19)22(23)26/h1-8,12,15-16,19-20H,9-11H2/t15-,16+,19+,20-. The molecular weight excluding hydrogens is 342 g/mol. The summed E-state index contributed by atoms with van der Waals surface area (Å²) in [7, 11) is 0. The first-order chi connectivity index (χ1) is 13.1. The first-order valence-corrected chi connectivity index (χ1v) is 9.35. The molecule has 27 heavy (non-hydrogen) atoms. The number of ether oxygens (including phenoxy) is 1. The minimum atomic E-state index is -0.441. The van der Waals surface area contributed by atoms with E-state index in [0.29, 0.717) is 5.75 Å². The number of allylic oxidation sites excluding steroid dienone is 2. The number of rotatable bonds is 4. The molecule has 1 aliphatic heterocycles. The smallest absolute Gasteiger partial charge is 0.312 e. The van der Waals surface area contributed by atoms with Crippen molar-refractivity contribution in [3.8, 4) is 5.75 Å². The first-order valence-electron chi connectivity index (χ1n) is 9.35. The molecule has 3 aliphatic rings. The maximum atomic E-state index is 12.6. The molecular formula is C22H19NO4. The summed E-state index contributed by atoms with van der Waals surface area (Å²) in [5.41, 5.74) is 0.